The minimum Gasteiger partial charge on any atom is -0.393 e. The van der Waals surface area contributed by atoms with Crippen molar-refractivity contribution in [2.75, 3.05) is 0 Å². The van der Waals surface area contributed by atoms with Crippen LogP contribution in [0.3, 0.4) is 0 Å². The first-order chi connectivity index (χ1) is 14.1. The van der Waals surface area contributed by atoms with Gasteiger partial charge in [-0.1, -0.05) is 54.4 Å². The highest BCUT2D eigenvalue weighted by Crippen LogP contribution is 2.68. The second-order valence-electron chi connectivity index (χ2n) is 13.2. The van der Waals surface area contributed by atoms with E-state index >= 15 is 0 Å². The number of fused-ring (bicyclic) bond motifs is 5. The van der Waals surface area contributed by atoms with Crippen LogP contribution < -0.4 is 0 Å². The molecule has 2 nitrogen and oxygen atoms in total. The average Bonchev–Trinajstić information content (AvgIpc) is 3.04. The van der Waals surface area contributed by atoms with Gasteiger partial charge < -0.3 is 10.2 Å². The lowest BCUT2D eigenvalue weighted by Crippen LogP contribution is -2.58. The van der Waals surface area contributed by atoms with E-state index in [4.69, 9.17) is 0 Å². The molecule has 0 radical (unpaired) electrons. The van der Waals surface area contributed by atoms with Crippen molar-refractivity contribution in [3.63, 3.8) is 0 Å². The van der Waals surface area contributed by atoms with E-state index in [9.17, 15) is 10.2 Å². The molecule has 0 aliphatic heterocycles. The van der Waals surface area contributed by atoms with Gasteiger partial charge in [0.05, 0.1) is 12.2 Å². The van der Waals surface area contributed by atoms with Crippen molar-refractivity contribution < 1.29 is 10.2 Å². The van der Waals surface area contributed by atoms with Crippen LogP contribution in [0.1, 0.15) is 106 Å². The van der Waals surface area contributed by atoms with Gasteiger partial charge in [0.1, 0.15) is 0 Å². The minimum atomic E-state index is -0.197. The summed E-state index contributed by atoms with van der Waals surface area (Å²) in [4.78, 5) is 0. The van der Waals surface area contributed by atoms with Gasteiger partial charge in [-0.3, -0.25) is 0 Å². The van der Waals surface area contributed by atoms with Crippen LogP contribution in [0.2, 0.25) is 0 Å². The fourth-order valence-electron chi connectivity index (χ4n) is 9.31. The van der Waals surface area contributed by atoms with Crippen molar-refractivity contribution in [2.24, 2.45) is 58.2 Å². The summed E-state index contributed by atoms with van der Waals surface area (Å²) in [5.41, 5.74) is 0.734. The van der Waals surface area contributed by atoms with Gasteiger partial charge in [0, 0.05) is 0 Å². The van der Waals surface area contributed by atoms with Gasteiger partial charge in [0.2, 0.25) is 0 Å². The van der Waals surface area contributed by atoms with Gasteiger partial charge in [-0.25, -0.2) is 0 Å². The zero-order chi connectivity index (χ0) is 21.8. The van der Waals surface area contributed by atoms with E-state index in [2.05, 4.69) is 41.5 Å². The van der Waals surface area contributed by atoms with Gasteiger partial charge in [-0.15, -0.1) is 0 Å². The van der Waals surface area contributed by atoms with E-state index in [0.717, 1.165) is 61.2 Å². The number of aliphatic hydroxyl groups excluding tert-OH is 2. The highest BCUT2D eigenvalue weighted by atomic mass is 16.3. The smallest absolute Gasteiger partial charge is 0.0577 e. The van der Waals surface area contributed by atoms with Crippen molar-refractivity contribution >= 4 is 0 Å². The molecule has 4 saturated carbocycles. The molecule has 11 atom stereocenters. The Hall–Kier alpha value is -0.0800. The fourth-order valence-corrected chi connectivity index (χ4v) is 9.31. The monoisotopic (exact) mass is 418 g/mol. The third kappa shape index (κ3) is 3.70. The number of hydrogen-bond donors (Lipinski definition) is 2. The topological polar surface area (TPSA) is 40.5 Å². The normalized spacial score (nSPS) is 50.5. The average molecular weight is 419 g/mol. The Morgan fingerprint density at radius 1 is 0.767 bits per heavy atom. The maximum absolute atomic E-state index is 11.2. The molecule has 174 valence electrons. The van der Waals surface area contributed by atoms with E-state index in [1.165, 1.54) is 38.5 Å². The summed E-state index contributed by atoms with van der Waals surface area (Å²) in [6.07, 6.45) is 11.8. The van der Waals surface area contributed by atoms with Gasteiger partial charge in [0.15, 0.2) is 0 Å². The molecule has 0 saturated heterocycles. The Kier molecular flexibility index (Phi) is 6.44. The Morgan fingerprint density at radius 3 is 2.13 bits per heavy atom. The third-order valence-electron chi connectivity index (χ3n) is 11.6. The van der Waals surface area contributed by atoms with Crippen molar-refractivity contribution in [2.45, 2.75) is 118 Å². The maximum atomic E-state index is 11.2. The van der Waals surface area contributed by atoms with E-state index in [-0.39, 0.29) is 17.6 Å². The maximum Gasteiger partial charge on any atom is 0.0577 e. The van der Waals surface area contributed by atoms with Gasteiger partial charge in [-0.05, 0) is 110 Å². The summed E-state index contributed by atoms with van der Waals surface area (Å²) in [5.74, 6) is 5.95. The first-order valence-electron chi connectivity index (χ1n) is 13.4. The lowest BCUT2D eigenvalue weighted by molar-refractivity contribution is -0.172. The summed E-state index contributed by atoms with van der Waals surface area (Å²) in [5, 5.41) is 21.5. The van der Waals surface area contributed by atoms with Crippen LogP contribution in [0.15, 0.2) is 0 Å². The molecule has 0 aromatic rings. The van der Waals surface area contributed by atoms with Crippen LogP contribution in [0, 0.1) is 58.2 Å². The number of aliphatic hydroxyl groups is 2. The molecule has 2 N–H and O–H groups in total. The number of hydrogen-bond acceptors (Lipinski definition) is 2. The Morgan fingerprint density at radius 2 is 1.43 bits per heavy atom. The van der Waals surface area contributed by atoms with Crippen LogP contribution in [0.4, 0.5) is 0 Å². The first kappa shape index (κ1) is 23.1. The van der Waals surface area contributed by atoms with E-state index in [1.54, 1.807) is 0 Å². The predicted octanol–water partition coefficient (Wildman–Crippen LogP) is 6.69. The van der Waals surface area contributed by atoms with Crippen molar-refractivity contribution in [3.05, 3.63) is 0 Å². The molecule has 4 rings (SSSR count). The molecule has 0 spiro atoms. The van der Waals surface area contributed by atoms with E-state index in [1.807, 2.05) is 0 Å². The molecule has 0 aromatic heterocycles. The lowest BCUT2D eigenvalue weighted by atomic mass is 9.43. The van der Waals surface area contributed by atoms with E-state index in [0.29, 0.717) is 17.3 Å². The first-order valence-corrected chi connectivity index (χ1v) is 13.4. The minimum absolute atomic E-state index is 0.187. The van der Waals surface area contributed by atoms with Crippen LogP contribution >= 0.6 is 0 Å². The molecule has 30 heavy (non-hydrogen) atoms. The molecular formula is C28H50O2. The predicted molar refractivity (Wildman–Crippen MR) is 125 cm³/mol. The van der Waals surface area contributed by atoms with Crippen molar-refractivity contribution in [1.29, 1.82) is 0 Å². The Bertz CT molecular complexity index is 601. The fraction of sp³-hybridized carbons (Fsp3) is 1.00. The molecule has 0 aromatic carbocycles. The Labute approximate surface area is 186 Å². The van der Waals surface area contributed by atoms with Gasteiger partial charge in [0.25, 0.3) is 0 Å². The molecule has 0 heterocycles. The van der Waals surface area contributed by atoms with Crippen molar-refractivity contribution in [1.82, 2.24) is 0 Å². The zero-order valence-corrected chi connectivity index (χ0v) is 20.7. The second-order valence-corrected chi connectivity index (χ2v) is 13.2. The number of rotatable bonds is 5. The SMILES string of the molecule is CC(C)C(C)CC[C@@H](C)[C@H]1CC[C@H]2[C@@H]3C[C@H](O)[C@H]4C[C@@H](O)CC[C@]4(C)[C@H]3CC[C@]12C. The van der Waals surface area contributed by atoms with Crippen LogP contribution in [0.5, 0.6) is 0 Å². The van der Waals surface area contributed by atoms with Gasteiger partial charge >= 0.3 is 0 Å². The molecule has 4 aliphatic rings. The summed E-state index contributed by atoms with van der Waals surface area (Å²) in [7, 11) is 0. The summed E-state index contributed by atoms with van der Waals surface area (Å²) in [6, 6.07) is 0. The van der Waals surface area contributed by atoms with E-state index < -0.39 is 0 Å². The molecule has 0 amide bonds. The molecule has 4 aliphatic carbocycles. The summed E-state index contributed by atoms with van der Waals surface area (Å²) < 4.78 is 0. The third-order valence-corrected chi connectivity index (χ3v) is 11.6. The second kappa shape index (κ2) is 8.36. The zero-order valence-electron chi connectivity index (χ0n) is 20.7. The lowest BCUT2D eigenvalue weighted by Gasteiger charge is -2.62. The highest BCUT2D eigenvalue weighted by molar-refractivity contribution is 5.11. The van der Waals surface area contributed by atoms with Gasteiger partial charge in [-0.2, -0.15) is 0 Å². The highest BCUT2D eigenvalue weighted by Gasteiger charge is 2.62. The van der Waals surface area contributed by atoms with Crippen molar-refractivity contribution in [3.8, 4) is 0 Å². The molecule has 1 unspecified atom stereocenters. The Balaban J connectivity index is 1.49. The molecule has 2 heteroatoms. The molecular weight excluding hydrogens is 368 g/mol. The van der Waals surface area contributed by atoms with Crippen LogP contribution in [-0.4, -0.2) is 22.4 Å². The standard InChI is InChI=1S/C28H50O2/c1-17(2)18(3)7-8-19(4)22-9-10-23-21-16-26(30)25-15-20(29)11-13-28(25,6)24(21)12-14-27(22,23)5/h17-26,29-30H,7-16H2,1-6H3/t18?,19-,20+,21+,22-,23+,24+,25-,26+,27-,28-/m1/s1. The van der Waals surface area contributed by atoms with Crippen LogP contribution in [-0.2, 0) is 0 Å². The largest absolute Gasteiger partial charge is 0.393 e. The molecule has 4 fully saturated rings. The summed E-state index contributed by atoms with van der Waals surface area (Å²) >= 11 is 0. The quantitative estimate of drug-likeness (QED) is 0.522. The summed E-state index contributed by atoms with van der Waals surface area (Å²) in [6.45, 7) is 14.8. The molecule has 0 bridgehead atoms. The van der Waals surface area contributed by atoms with Crippen LogP contribution in [0.25, 0.3) is 0 Å².